The third-order valence-electron chi connectivity index (χ3n) is 8.45. The average molecular weight is 707 g/mol. The Morgan fingerprint density at radius 1 is 0.827 bits per heavy atom. The number of aryl methyl sites for hydroxylation is 1. The van der Waals surface area contributed by atoms with Crippen LogP contribution >= 0.6 is 0 Å². The number of allylic oxidation sites excluding steroid dienone is 4. The Kier molecular flexibility index (Phi) is 11.3. The lowest BCUT2D eigenvalue weighted by Gasteiger charge is -2.33. The lowest BCUT2D eigenvalue weighted by Crippen LogP contribution is -2.39. The van der Waals surface area contributed by atoms with Gasteiger partial charge in [0.25, 0.3) is 0 Å². The van der Waals surface area contributed by atoms with E-state index in [1.165, 1.54) is 0 Å². The summed E-state index contributed by atoms with van der Waals surface area (Å²) in [6.07, 6.45) is 9.89. The Bertz CT molecular complexity index is 2010. The molecule has 0 radical (unpaired) electrons. The van der Waals surface area contributed by atoms with E-state index in [0.717, 1.165) is 59.2 Å². The lowest BCUT2D eigenvalue weighted by atomic mass is 9.86. The summed E-state index contributed by atoms with van der Waals surface area (Å²) in [6.45, 7) is 16.5. The number of hydrogen-bond donors (Lipinski definition) is 2. The fourth-order valence-electron chi connectivity index (χ4n) is 6.05. The molecule has 0 unspecified atom stereocenters. The first-order valence-electron chi connectivity index (χ1n) is 18.0. The van der Waals surface area contributed by atoms with Crippen molar-refractivity contribution in [2.45, 2.75) is 98.8 Å². The minimum atomic E-state index is -0.613. The zero-order valence-corrected chi connectivity index (χ0v) is 31.5. The highest BCUT2D eigenvalue weighted by Gasteiger charge is 2.29. The number of pyridine rings is 1. The first-order valence-corrected chi connectivity index (χ1v) is 18.0. The van der Waals surface area contributed by atoms with Gasteiger partial charge in [0.2, 0.25) is 11.2 Å². The van der Waals surface area contributed by atoms with Crippen molar-refractivity contribution in [3.05, 3.63) is 94.5 Å². The lowest BCUT2D eigenvalue weighted by molar-refractivity contribution is -0.673. The molecule has 10 heteroatoms. The molecule has 0 atom stereocenters. The predicted octanol–water partition coefficient (Wildman–Crippen LogP) is 8.42. The molecule has 5 rings (SSSR count). The first-order chi connectivity index (χ1) is 24.6. The molecule has 2 aliphatic rings. The molecule has 1 aliphatic carbocycles. The normalized spacial score (nSPS) is 15.9. The Morgan fingerprint density at radius 3 is 2.08 bits per heavy atom. The molecule has 0 bridgehead atoms. The number of rotatable bonds is 10. The molecule has 2 heterocycles. The van der Waals surface area contributed by atoms with Crippen LogP contribution in [0.4, 0.5) is 26.7 Å². The van der Waals surface area contributed by atoms with Crippen molar-refractivity contribution in [3.63, 3.8) is 0 Å². The van der Waals surface area contributed by atoms with E-state index in [2.05, 4.69) is 33.9 Å². The molecule has 3 aromatic rings. The van der Waals surface area contributed by atoms with Crippen LogP contribution in [-0.2, 0) is 20.8 Å². The number of nitrogens with one attached hydrogen (secondary N) is 2. The Balaban J connectivity index is 1.43. The molecule has 2 N–H and O–H groups in total. The van der Waals surface area contributed by atoms with Gasteiger partial charge in [-0.25, -0.2) is 9.59 Å². The standard InChI is InChI=1S/C42H50N4O6/c1-9-11-21-45-31(17-13-27-23-29(15-19-35(27)45)43-39(49)51-41(3,4)5)25-33-37(47)34(38(33)48)26-32-18-14-28-24-30(44-40(50)52-42(6,7)8)16-20-36(28)46(32)22-12-10-2/h13-20,23-26H,9-12,21-22H2,1-8H3,(H2-,43,44,47,48,49,50). The van der Waals surface area contributed by atoms with Gasteiger partial charge >= 0.3 is 12.2 Å². The fraction of sp³-hybridized carbons (Fsp3) is 0.381. The van der Waals surface area contributed by atoms with Crippen LogP contribution < -0.4 is 25.2 Å². The maximum atomic E-state index is 13.6. The van der Waals surface area contributed by atoms with Crippen LogP contribution in [0.25, 0.3) is 23.1 Å². The highest BCUT2D eigenvalue weighted by molar-refractivity contribution is 6.23. The van der Waals surface area contributed by atoms with Gasteiger partial charge < -0.3 is 19.5 Å². The third-order valence-corrected chi connectivity index (χ3v) is 8.45. The summed E-state index contributed by atoms with van der Waals surface area (Å²) in [7, 11) is 0. The van der Waals surface area contributed by atoms with Crippen molar-refractivity contribution < 1.29 is 33.5 Å². The number of amides is 2. The second kappa shape index (κ2) is 15.5. The molecule has 0 saturated heterocycles. The number of ether oxygens (including phenoxy) is 2. The molecule has 10 nitrogen and oxygen atoms in total. The summed E-state index contributed by atoms with van der Waals surface area (Å²) in [5, 5.41) is 20.1. The van der Waals surface area contributed by atoms with Gasteiger partial charge in [0, 0.05) is 76.0 Å². The van der Waals surface area contributed by atoms with Gasteiger partial charge in [-0.05, 0) is 96.5 Å². The highest BCUT2D eigenvalue weighted by Crippen LogP contribution is 2.36. The quantitative estimate of drug-likeness (QED) is 0.160. The molecule has 1 aliphatic heterocycles. The molecular formula is C42H50N4O6. The number of aromatic nitrogens is 1. The summed E-state index contributed by atoms with van der Waals surface area (Å²) in [5.74, 6) is -0.578. The molecule has 0 spiro atoms. The molecule has 0 saturated carbocycles. The molecule has 1 aromatic heterocycles. The summed E-state index contributed by atoms with van der Waals surface area (Å²) >= 11 is 0. The van der Waals surface area contributed by atoms with Gasteiger partial charge in [0.1, 0.15) is 17.7 Å². The number of nitrogens with zero attached hydrogens (tertiary/aromatic N) is 2. The van der Waals surface area contributed by atoms with E-state index >= 15 is 0 Å². The predicted molar refractivity (Wildman–Crippen MR) is 205 cm³/mol. The number of hydrogen-bond acceptors (Lipinski definition) is 7. The number of Topliss-reactive ketones (excluding diaryl/α,β-unsaturated/α-hetero) is 1. The Labute approximate surface area is 306 Å². The molecule has 2 aromatic carbocycles. The van der Waals surface area contributed by atoms with E-state index in [-0.39, 0.29) is 22.7 Å². The monoisotopic (exact) mass is 706 g/mol. The maximum Gasteiger partial charge on any atom is 0.412 e. The number of carbonyl (C=O) groups excluding carboxylic acids is 3. The van der Waals surface area contributed by atoms with Gasteiger partial charge in [0.05, 0.1) is 0 Å². The zero-order valence-electron chi connectivity index (χ0n) is 31.5. The van der Waals surface area contributed by atoms with Crippen molar-refractivity contribution in [2.24, 2.45) is 0 Å². The maximum absolute atomic E-state index is 13.6. The van der Waals surface area contributed by atoms with Crippen molar-refractivity contribution >= 4 is 58.1 Å². The molecule has 2 amide bonds. The number of carbonyl (C=O) groups is 3. The van der Waals surface area contributed by atoms with Crippen molar-refractivity contribution in [2.75, 3.05) is 22.1 Å². The van der Waals surface area contributed by atoms with Crippen LogP contribution in [0, 0.1) is 0 Å². The van der Waals surface area contributed by atoms with Crippen LogP contribution in [0.2, 0.25) is 0 Å². The van der Waals surface area contributed by atoms with Crippen LogP contribution in [-0.4, -0.2) is 35.7 Å². The third kappa shape index (κ3) is 9.09. The van der Waals surface area contributed by atoms with Gasteiger partial charge in [-0.1, -0.05) is 38.5 Å². The van der Waals surface area contributed by atoms with Gasteiger partial charge in [-0.15, -0.1) is 0 Å². The minimum absolute atomic E-state index is 0.151. The minimum Gasteiger partial charge on any atom is -0.871 e. The number of fused-ring (bicyclic) bond motifs is 2. The Hall–Kier alpha value is -5.38. The topological polar surface area (TPSA) is 124 Å². The van der Waals surface area contributed by atoms with E-state index in [1.807, 2.05) is 102 Å². The zero-order chi connectivity index (χ0) is 37.8. The number of unbranched alkanes of at least 4 members (excludes halogenated alkanes) is 2. The second-order valence-electron chi connectivity index (χ2n) is 15.1. The SMILES string of the molecule is CCCCN1/C(=C/C2=C([O-])C(=C\c3ccc4cc(NC(=O)OC(C)(C)C)ccc4[n+]3CCCC)/C2=O)C=Cc2cc(NC(=O)OC(C)(C)C)ccc21. The van der Waals surface area contributed by atoms with E-state index in [1.54, 1.807) is 12.2 Å². The summed E-state index contributed by atoms with van der Waals surface area (Å²) in [6, 6.07) is 15.1. The van der Waals surface area contributed by atoms with E-state index in [0.29, 0.717) is 24.5 Å². The molecule has 0 fully saturated rings. The molecule has 274 valence electrons. The number of anilines is 3. The van der Waals surface area contributed by atoms with Crippen molar-refractivity contribution in [1.82, 2.24) is 0 Å². The van der Waals surface area contributed by atoms with Crippen LogP contribution in [0.15, 0.2) is 83.3 Å². The first kappa shape index (κ1) is 37.9. The van der Waals surface area contributed by atoms with E-state index < -0.39 is 23.4 Å². The summed E-state index contributed by atoms with van der Waals surface area (Å²) in [5.41, 5.74) is 4.54. The van der Waals surface area contributed by atoms with Gasteiger partial charge in [0.15, 0.2) is 5.78 Å². The smallest absolute Gasteiger partial charge is 0.412 e. The van der Waals surface area contributed by atoms with E-state index in [9.17, 15) is 19.5 Å². The molecule has 52 heavy (non-hydrogen) atoms. The molecular weight excluding hydrogens is 656 g/mol. The van der Waals surface area contributed by atoms with Gasteiger partial charge in [-0.3, -0.25) is 15.4 Å². The second-order valence-corrected chi connectivity index (χ2v) is 15.1. The largest absolute Gasteiger partial charge is 0.871 e. The number of benzene rings is 2. The fourth-order valence-corrected chi connectivity index (χ4v) is 6.05. The van der Waals surface area contributed by atoms with E-state index in [4.69, 9.17) is 9.47 Å². The summed E-state index contributed by atoms with van der Waals surface area (Å²) < 4.78 is 12.9. The highest BCUT2D eigenvalue weighted by atomic mass is 16.6. The van der Waals surface area contributed by atoms with Crippen LogP contribution in [0.1, 0.15) is 92.3 Å². The van der Waals surface area contributed by atoms with Crippen molar-refractivity contribution in [1.29, 1.82) is 0 Å². The van der Waals surface area contributed by atoms with Gasteiger partial charge in [-0.2, -0.15) is 4.57 Å². The Morgan fingerprint density at radius 2 is 1.46 bits per heavy atom. The summed E-state index contributed by atoms with van der Waals surface area (Å²) in [4.78, 5) is 40.4. The average Bonchev–Trinajstić information content (AvgIpc) is 3.06. The van der Waals surface area contributed by atoms with Crippen LogP contribution in [0.5, 0.6) is 0 Å². The van der Waals surface area contributed by atoms with Crippen molar-refractivity contribution in [3.8, 4) is 0 Å². The number of ketones is 1. The van der Waals surface area contributed by atoms with Crippen LogP contribution in [0.3, 0.4) is 0 Å².